The molecule has 2 heteroatoms. The Balaban J connectivity index is 2.48. The van der Waals surface area contributed by atoms with E-state index < -0.39 is 0 Å². The van der Waals surface area contributed by atoms with E-state index in [1.807, 2.05) is 6.92 Å². The highest BCUT2D eigenvalue weighted by Crippen LogP contribution is 2.15. The molecule has 1 radical (unpaired) electrons. The molecular formula is C11H13O2. The van der Waals surface area contributed by atoms with Gasteiger partial charge >= 0.3 is 0 Å². The van der Waals surface area contributed by atoms with E-state index in [9.17, 15) is 0 Å². The smallest absolute Gasteiger partial charge is 0.284 e. The fraction of sp³-hybridized carbons (Fsp3) is 0.364. The molecule has 1 aromatic rings. The number of furan rings is 1. The van der Waals surface area contributed by atoms with Gasteiger partial charge < -0.3 is 9.15 Å². The third kappa shape index (κ3) is 2.87. The van der Waals surface area contributed by atoms with Crippen molar-refractivity contribution in [1.82, 2.24) is 0 Å². The summed E-state index contributed by atoms with van der Waals surface area (Å²) in [6.07, 6.45) is 1.37. The van der Waals surface area contributed by atoms with Gasteiger partial charge in [-0.25, -0.2) is 0 Å². The summed E-state index contributed by atoms with van der Waals surface area (Å²) in [4.78, 5) is 0. The molecule has 1 aromatic heterocycles. The molecular weight excluding hydrogens is 164 g/mol. The molecule has 0 saturated carbocycles. The van der Waals surface area contributed by atoms with Crippen LogP contribution in [0.15, 0.2) is 22.8 Å². The first-order valence-electron chi connectivity index (χ1n) is 4.19. The maximum atomic E-state index is 5.39. The van der Waals surface area contributed by atoms with Gasteiger partial charge in [0.1, 0.15) is 6.10 Å². The largest absolute Gasteiger partial charge is 0.461 e. The molecule has 0 aromatic carbocycles. The molecule has 0 fully saturated rings. The lowest BCUT2D eigenvalue weighted by molar-refractivity contribution is 0.165. The molecule has 0 amide bonds. The normalized spacial score (nSPS) is 14.1. The van der Waals surface area contributed by atoms with Gasteiger partial charge in [-0.15, -0.1) is 5.92 Å². The van der Waals surface area contributed by atoms with Crippen LogP contribution in [0.1, 0.15) is 13.8 Å². The van der Waals surface area contributed by atoms with E-state index in [-0.39, 0.29) is 12.0 Å². The molecule has 0 aliphatic heterocycles. The molecule has 2 unspecified atom stereocenters. The summed E-state index contributed by atoms with van der Waals surface area (Å²) in [5, 5.41) is 0. The van der Waals surface area contributed by atoms with Crippen molar-refractivity contribution >= 4 is 0 Å². The molecule has 2 nitrogen and oxygen atoms in total. The van der Waals surface area contributed by atoms with Gasteiger partial charge in [-0.2, -0.15) is 0 Å². The van der Waals surface area contributed by atoms with Crippen molar-refractivity contribution in [3.05, 3.63) is 25.3 Å². The van der Waals surface area contributed by atoms with Gasteiger partial charge in [-0.3, -0.25) is 0 Å². The van der Waals surface area contributed by atoms with Crippen LogP contribution in [0.25, 0.3) is 0 Å². The molecule has 0 bridgehead atoms. The van der Waals surface area contributed by atoms with Gasteiger partial charge in [0, 0.05) is 6.07 Å². The fourth-order valence-corrected chi connectivity index (χ4v) is 0.902. The number of hydrogen-bond acceptors (Lipinski definition) is 2. The maximum Gasteiger partial charge on any atom is 0.284 e. The van der Waals surface area contributed by atoms with Crippen LogP contribution in [0, 0.1) is 24.7 Å². The van der Waals surface area contributed by atoms with Crippen LogP contribution in [0.5, 0.6) is 5.95 Å². The predicted molar refractivity (Wildman–Crippen MR) is 51.1 cm³/mol. The SMILES string of the molecule is [CH2]C(Oc1ccco1)C(C)C#CC. The minimum atomic E-state index is -0.196. The van der Waals surface area contributed by atoms with Gasteiger partial charge in [0.15, 0.2) is 0 Å². The van der Waals surface area contributed by atoms with E-state index in [1.165, 1.54) is 0 Å². The number of hydrogen-bond donors (Lipinski definition) is 0. The first-order chi connectivity index (χ1) is 6.24. The summed E-state index contributed by atoms with van der Waals surface area (Å²) in [5.74, 6) is 6.40. The third-order valence-corrected chi connectivity index (χ3v) is 1.69. The average Bonchev–Trinajstić information content (AvgIpc) is 2.57. The number of rotatable bonds is 3. The standard InChI is InChI=1S/C11H13O2/c1-4-6-9(2)10(3)13-11-7-5-8-12-11/h5,7-10H,3H2,1-2H3. The second kappa shape index (κ2) is 4.61. The maximum absolute atomic E-state index is 5.39. The minimum Gasteiger partial charge on any atom is -0.461 e. The van der Waals surface area contributed by atoms with Crippen LogP contribution >= 0.6 is 0 Å². The van der Waals surface area contributed by atoms with Crippen molar-refractivity contribution in [1.29, 1.82) is 0 Å². The molecule has 13 heavy (non-hydrogen) atoms. The lowest BCUT2D eigenvalue weighted by Gasteiger charge is -2.14. The zero-order valence-corrected chi connectivity index (χ0v) is 7.91. The molecule has 1 rings (SSSR count). The van der Waals surface area contributed by atoms with Crippen molar-refractivity contribution in [3.8, 4) is 17.8 Å². The Hall–Kier alpha value is -1.36. The van der Waals surface area contributed by atoms with Crippen LogP contribution < -0.4 is 4.74 Å². The van der Waals surface area contributed by atoms with Gasteiger partial charge in [0.05, 0.1) is 12.2 Å². The molecule has 69 valence electrons. The Morgan fingerprint density at radius 2 is 2.38 bits per heavy atom. The molecule has 0 aliphatic carbocycles. The average molecular weight is 177 g/mol. The van der Waals surface area contributed by atoms with Gasteiger partial charge in [-0.1, -0.05) is 5.92 Å². The first-order valence-corrected chi connectivity index (χ1v) is 4.19. The Morgan fingerprint density at radius 3 is 2.92 bits per heavy atom. The highest BCUT2D eigenvalue weighted by molar-refractivity contribution is 5.08. The van der Waals surface area contributed by atoms with Crippen LogP contribution in [0.2, 0.25) is 0 Å². The summed E-state index contributed by atoms with van der Waals surface area (Å²) in [7, 11) is 0. The van der Waals surface area contributed by atoms with Gasteiger partial charge in [0.25, 0.3) is 5.95 Å². The Kier molecular flexibility index (Phi) is 3.45. The van der Waals surface area contributed by atoms with Gasteiger partial charge in [0.2, 0.25) is 0 Å². The lowest BCUT2D eigenvalue weighted by atomic mass is 10.1. The van der Waals surface area contributed by atoms with Crippen molar-refractivity contribution in [2.24, 2.45) is 5.92 Å². The van der Waals surface area contributed by atoms with Gasteiger partial charge in [-0.05, 0) is 26.8 Å². The van der Waals surface area contributed by atoms with Crippen molar-refractivity contribution in [2.75, 3.05) is 0 Å². The quantitative estimate of drug-likeness (QED) is 0.662. The summed E-state index contributed by atoms with van der Waals surface area (Å²) in [6.45, 7) is 7.62. The van der Waals surface area contributed by atoms with E-state index in [4.69, 9.17) is 9.15 Å². The molecule has 2 atom stereocenters. The Labute approximate surface area is 78.9 Å². The molecule has 0 spiro atoms. The Morgan fingerprint density at radius 1 is 1.62 bits per heavy atom. The summed E-state index contributed by atoms with van der Waals surface area (Å²) < 4.78 is 10.4. The highest BCUT2D eigenvalue weighted by atomic mass is 16.6. The highest BCUT2D eigenvalue weighted by Gasteiger charge is 2.12. The van der Waals surface area contributed by atoms with Crippen molar-refractivity contribution in [2.45, 2.75) is 20.0 Å². The molecule has 0 N–H and O–H groups in total. The van der Waals surface area contributed by atoms with Crippen LogP contribution in [0.4, 0.5) is 0 Å². The summed E-state index contributed by atoms with van der Waals surface area (Å²) in [5.41, 5.74) is 0. The van der Waals surface area contributed by atoms with E-state index in [0.717, 1.165) is 0 Å². The van der Waals surface area contributed by atoms with E-state index in [2.05, 4.69) is 18.8 Å². The number of ether oxygens (including phenoxy) is 1. The van der Waals surface area contributed by atoms with Crippen LogP contribution in [0.3, 0.4) is 0 Å². The first kappa shape index (κ1) is 9.73. The summed E-state index contributed by atoms with van der Waals surface area (Å²) >= 11 is 0. The second-order valence-electron chi connectivity index (χ2n) is 2.77. The topological polar surface area (TPSA) is 22.4 Å². The third-order valence-electron chi connectivity index (χ3n) is 1.69. The molecule has 0 aliphatic rings. The van der Waals surface area contributed by atoms with E-state index >= 15 is 0 Å². The second-order valence-corrected chi connectivity index (χ2v) is 2.77. The lowest BCUT2D eigenvalue weighted by Crippen LogP contribution is -2.20. The zero-order valence-electron chi connectivity index (χ0n) is 7.91. The van der Waals surface area contributed by atoms with E-state index in [1.54, 1.807) is 25.3 Å². The minimum absolute atomic E-state index is 0.107. The molecule has 1 heterocycles. The Bertz CT molecular complexity index is 290. The molecule has 0 saturated heterocycles. The van der Waals surface area contributed by atoms with Crippen molar-refractivity contribution < 1.29 is 9.15 Å². The van der Waals surface area contributed by atoms with E-state index in [0.29, 0.717) is 5.95 Å². The fourth-order valence-electron chi connectivity index (χ4n) is 0.902. The zero-order chi connectivity index (χ0) is 9.68. The van der Waals surface area contributed by atoms with Crippen molar-refractivity contribution in [3.63, 3.8) is 0 Å². The monoisotopic (exact) mass is 177 g/mol. The summed E-state index contributed by atoms with van der Waals surface area (Å²) in [6, 6.07) is 3.53. The predicted octanol–water partition coefficient (Wildman–Crippen LogP) is 2.52. The van der Waals surface area contributed by atoms with Crippen LogP contribution in [-0.4, -0.2) is 6.10 Å². The van der Waals surface area contributed by atoms with Crippen LogP contribution in [-0.2, 0) is 0 Å².